The van der Waals surface area contributed by atoms with Crippen LogP contribution in [0, 0.1) is 6.92 Å². The van der Waals surface area contributed by atoms with Crippen LogP contribution in [0.3, 0.4) is 0 Å². The number of halogens is 1. The molecule has 316 valence electrons. The molecule has 0 unspecified atom stereocenters. The molecule has 0 aromatic heterocycles. The minimum atomic E-state index is -2.13. The zero-order valence-electron chi connectivity index (χ0n) is 31.5. The first kappa shape index (κ1) is 41.9. The van der Waals surface area contributed by atoms with Crippen molar-refractivity contribution in [3.05, 3.63) is 68.8 Å². The molecule has 2 fully saturated rings. The number of rotatable bonds is 8. The summed E-state index contributed by atoms with van der Waals surface area (Å²) >= 11 is 0. The van der Waals surface area contributed by atoms with Gasteiger partial charge in [0.15, 0.2) is 30.3 Å². The van der Waals surface area contributed by atoms with Gasteiger partial charge in [-0.2, -0.15) is 0 Å². The van der Waals surface area contributed by atoms with Gasteiger partial charge in [0.25, 0.3) is 5.91 Å². The summed E-state index contributed by atoms with van der Waals surface area (Å²) in [6.45, 7) is 3.20. The van der Waals surface area contributed by atoms with Gasteiger partial charge in [-0.15, -0.1) is 0 Å². The van der Waals surface area contributed by atoms with Crippen LogP contribution in [0.25, 0.3) is 11.1 Å². The number of carbonyl (C=O) groups is 4. The van der Waals surface area contributed by atoms with Crippen molar-refractivity contribution in [3.8, 4) is 34.1 Å². The topological polar surface area (TPSA) is 309 Å². The fourth-order valence-corrected chi connectivity index (χ4v) is 7.85. The van der Waals surface area contributed by atoms with E-state index in [0.29, 0.717) is 0 Å². The highest BCUT2D eigenvalue weighted by molar-refractivity contribution is 6.31. The molecule has 12 atom stereocenters. The molecule has 0 saturated carbocycles. The van der Waals surface area contributed by atoms with Crippen molar-refractivity contribution in [2.24, 2.45) is 0 Å². The monoisotopic (exact) mass is 829 g/mol. The summed E-state index contributed by atoms with van der Waals surface area (Å²) in [6, 6.07) is 3.04. The summed E-state index contributed by atoms with van der Waals surface area (Å²) < 4.78 is 43.5. The van der Waals surface area contributed by atoms with Crippen molar-refractivity contribution < 1.29 is 93.2 Å². The van der Waals surface area contributed by atoms with E-state index in [0.717, 1.165) is 25.1 Å². The number of ether oxygens (including phenoxy) is 5. The van der Waals surface area contributed by atoms with E-state index in [1.165, 1.54) is 27.0 Å². The summed E-state index contributed by atoms with van der Waals surface area (Å²) in [5.74, 6) is -6.93. The minimum absolute atomic E-state index is 0.00696. The molecule has 4 aliphatic rings. The maximum absolute atomic E-state index is 15.3. The Balaban J connectivity index is 1.40. The maximum Gasteiger partial charge on any atom is 0.325 e. The van der Waals surface area contributed by atoms with E-state index in [4.69, 9.17) is 23.7 Å². The number of phenolic OH excluding ortho intramolecular Hbond substituents is 3. The first-order valence-corrected chi connectivity index (χ1v) is 18.2. The number of alkyl halides is 1. The lowest BCUT2D eigenvalue weighted by atomic mass is 9.74. The smallest absolute Gasteiger partial charge is 0.325 e. The number of nitrogens with one attached hydrogen (secondary N) is 1. The molecule has 59 heavy (non-hydrogen) atoms. The summed E-state index contributed by atoms with van der Waals surface area (Å²) in [4.78, 5) is 53.2. The maximum atomic E-state index is 15.3. The number of aryl methyl sites for hydroxylation is 1. The molecule has 3 aromatic rings. The number of benzene rings is 3. The number of carboxylic acids is 1. The molecule has 0 spiro atoms. The number of hydrogen-bond acceptors (Lipinski definition) is 17. The number of aliphatic hydroxyl groups excluding tert-OH is 5. The van der Waals surface area contributed by atoms with Crippen LogP contribution in [-0.4, -0.2) is 145 Å². The number of methoxy groups -OCH3 is 1. The van der Waals surface area contributed by atoms with Crippen molar-refractivity contribution in [1.82, 2.24) is 5.32 Å². The van der Waals surface area contributed by atoms with Gasteiger partial charge in [0.1, 0.15) is 71.8 Å². The van der Waals surface area contributed by atoms with Crippen LogP contribution >= 0.6 is 0 Å². The number of phenols is 3. The number of carboxylic acid groups (broad SMARTS) is 1. The van der Waals surface area contributed by atoms with E-state index in [9.17, 15) is 65.1 Å². The van der Waals surface area contributed by atoms with Crippen molar-refractivity contribution >= 4 is 23.4 Å². The standard InChI is InChI=1S/C39H40FNO18/c1-10-5-17-23(30(48)20(10)36(52)41-11(2)37(53)54)22-15(8-16-24(31(22)49)27(45)14-6-13(55-4)7-18(42)21(14)26(16)44)28(46)34(17)58-39-35(32(50)25(40)12(3)57-39)59-38-33(51)29(47)19(43)9-56-38/h5-8,11-12,19,25,28-29,32-35,38-39,42-43,46-51H,9H2,1-4H3,(H,41,52)(H,53,54)/t11-,12-,19-,25+,28+,29+,32+,33-,34+,35-,38+,39+/m1/s1. The molecular formula is C39H40FNO18. The zero-order chi connectivity index (χ0) is 43.1. The van der Waals surface area contributed by atoms with Gasteiger partial charge in [-0.05, 0) is 49.6 Å². The number of aromatic hydroxyl groups is 3. The summed E-state index contributed by atoms with van der Waals surface area (Å²) in [6.07, 6.45) is -20.1. The Hall–Kier alpha value is -5.29. The lowest BCUT2D eigenvalue weighted by molar-refractivity contribution is -0.357. The van der Waals surface area contributed by atoms with Crippen molar-refractivity contribution in [3.63, 3.8) is 0 Å². The molecule has 1 amide bonds. The number of fused-ring (bicyclic) bond motifs is 5. The lowest BCUT2D eigenvalue weighted by Gasteiger charge is -2.45. The van der Waals surface area contributed by atoms with E-state index in [1.807, 2.05) is 0 Å². The van der Waals surface area contributed by atoms with Gasteiger partial charge >= 0.3 is 5.97 Å². The predicted octanol–water partition coefficient (Wildman–Crippen LogP) is 0.138. The highest BCUT2D eigenvalue weighted by atomic mass is 19.1. The number of aliphatic hydroxyl groups is 5. The second-order valence-corrected chi connectivity index (χ2v) is 14.8. The van der Waals surface area contributed by atoms with Gasteiger partial charge < -0.3 is 75.0 Å². The first-order chi connectivity index (χ1) is 27.8. The third kappa shape index (κ3) is 6.75. The average molecular weight is 830 g/mol. The number of aliphatic carboxylic acids is 1. The van der Waals surface area contributed by atoms with Gasteiger partial charge in [0, 0.05) is 28.3 Å². The van der Waals surface area contributed by atoms with E-state index >= 15 is 4.39 Å². The number of amides is 1. The second-order valence-electron chi connectivity index (χ2n) is 14.8. The Morgan fingerprint density at radius 1 is 0.847 bits per heavy atom. The van der Waals surface area contributed by atoms with Crippen molar-refractivity contribution in [1.29, 1.82) is 0 Å². The quantitative estimate of drug-likeness (QED) is 0.113. The predicted molar refractivity (Wildman–Crippen MR) is 193 cm³/mol. The normalized spacial score (nSPS) is 30.4. The van der Waals surface area contributed by atoms with E-state index in [-0.39, 0.29) is 28.0 Å². The Morgan fingerprint density at radius 2 is 1.49 bits per heavy atom. The van der Waals surface area contributed by atoms with Crippen LogP contribution in [0.5, 0.6) is 23.0 Å². The third-order valence-corrected chi connectivity index (χ3v) is 11.0. The Kier molecular flexibility index (Phi) is 10.9. The van der Waals surface area contributed by atoms with Gasteiger partial charge in [-0.25, -0.2) is 4.39 Å². The highest BCUT2D eigenvalue weighted by Gasteiger charge is 2.52. The number of hydrogen-bond donors (Lipinski definition) is 10. The van der Waals surface area contributed by atoms with Crippen LogP contribution < -0.4 is 10.1 Å². The lowest BCUT2D eigenvalue weighted by Crippen LogP contribution is -2.61. The largest absolute Gasteiger partial charge is 0.507 e. The van der Waals surface area contributed by atoms with Gasteiger partial charge in [-0.1, -0.05) is 6.07 Å². The summed E-state index contributed by atoms with van der Waals surface area (Å²) in [5, 5.41) is 100. The van der Waals surface area contributed by atoms with Crippen LogP contribution in [0.4, 0.5) is 4.39 Å². The van der Waals surface area contributed by atoms with Crippen molar-refractivity contribution in [2.75, 3.05) is 13.7 Å². The Labute approximate surface area is 332 Å². The molecule has 20 heteroatoms. The number of carbonyl (C=O) groups excluding carboxylic acids is 3. The third-order valence-electron chi connectivity index (χ3n) is 11.0. The SMILES string of the molecule is COc1cc(O)c2c(c1)C(=O)c1c(cc3c(c1O)-c1c(cc(C)c(C(=O)N[C@H](C)C(=O)O)c1O)[C@H](O[C@@H]1O[C@H](C)[C@H](F)[C@H](O)[C@H]1O[C@@H]1OC[C@@H](O)[C@H](O)[C@H]1O)[C@H]3O)C2=O. The molecule has 3 aromatic carbocycles. The zero-order valence-corrected chi connectivity index (χ0v) is 31.5. The first-order valence-electron chi connectivity index (χ1n) is 18.2. The van der Waals surface area contributed by atoms with Gasteiger partial charge in [0.05, 0.1) is 36.5 Å². The van der Waals surface area contributed by atoms with E-state index in [1.54, 1.807) is 0 Å². The molecular weight excluding hydrogens is 789 g/mol. The number of ketones is 2. The molecule has 0 radical (unpaired) electrons. The molecule has 19 nitrogen and oxygen atoms in total. The molecule has 2 saturated heterocycles. The summed E-state index contributed by atoms with van der Waals surface area (Å²) in [7, 11) is 1.25. The average Bonchev–Trinajstić information content (AvgIpc) is 3.18. The fraction of sp³-hybridized carbons (Fsp3) is 0.436. The van der Waals surface area contributed by atoms with Crippen LogP contribution in [0.1, 0.15) is 84.9 Å². The highest BCUT2D eigenvalue weighted by Crippen LogP contribution is 2.57. The van der Waals surface area contributed by atoms with Gasteiger partial charge in [0.2, 0.25) is 0 Å². The Bertz CT molecular complexity index is 2260. The van der Waals surface area contributed by atoms with Crippen LogP contribution in [-0.2, 0) is 23.7 Å². The summed E-state index contributed by atoms with van der Waals surface area (Å²) in [5.41, 5.74) is -3.91. The molecule has 10 N–H and O–H groups in total. The van der Waals surface area contributed by atoms with Crippen LogP contribution in [0.15, 0.2) is 24.3 Å². The fourth-order valence-electron chi connectivity index (χ4n) is 7.85. The molecule has 2 aliphatic heterocycles. The van der Waals surface area contributed by atoms with Crippen molar-refractivity contribution in [2.45, 2.75) is 94.4 Å². The minimum Gasteiger partial charge on any atom is -0.507 e. The molecule has 7 rings (SSSR count). The molecule has 2 aliphatic carbocycles. The molecule has 0 bridgehead atoms. The van der Waals surface area contributed by atoms with E-state index < -0.39 is 154 Å². The Morgan fingerprint density at radius 3 is 2.15 bits per heavy atom. The van der Waals surface area contributed by atoms with E-state index in [2.05, 4.69) is 5.32 Å². The van der Waals surface area contributed by atoms with Gasteiger partial charge in [-0.3, -0.25) is 19.2 Å². The molecule has 2 heterocycles. The second kappa shape index (κ2) is 15.4. The van der Waals surface area contributed by atoms with Crippen LogP contribution in [0.2, 0.25) is 0 Å².